The summed E-state index contributed by atoms with van der Waals surface area (Å²) in [4.78, 5) is 16.6. The van der Waals surface area contributed by atoms with E-state index >= 15 is 0 Å². The van der Waals surface area contributed by atoms with Crippen LogP contribution in [0.5, 0.6) is 5.75 Å². The number of aromatic nitrogens is 2. The molecule has 0 spiro atoms. The monoisotopic (exact) mass is 460 g/mol. The average molecular weight is 461 g/mol. The first-order chi connectivity index (χ1) is 15.1. The second-order valence-corrected chi connectivity index (χ2v) is 9.88. The Balaban J connectivity index is 1.96. The number of halogens is 1. The van der Waals surface area contributed by atoms with E-state index in [2.05, 4.69) is 4.98 Å². The summed E-state index contributed by atoms with van der Waals surface area (Å²) in [6.07, 6.45) is 3.31. The second kappa shape index (κ2) is 8.18. The molecule has 1 aliphatic rings. The number of primary amides is 1. The molecule has 2 heterocycles. The largest absolute Gasteiger partial charge is 0.508 e. The zero-order valence-electron chi connectivity index (χ0n) is 17.8. The van der Waals surface area contributed by atoms with E-state index in [1.54, 1.807) is 6.92 Å². The van der Waals surface area contributed by atoms with Gasteiger partial charge in [0, 0.05) is 17.6 Å². The molecule has 32 heavy (non-hydrogen) atoms. The normalized spacial score (nSPS) is 16.0. The highest BCUT2D eigenvalue weighted by atomic mass is 32.2. The van der Waals surface area contributed by atoms with Gasteiger partial charge in [0.2, 0.25) is 10.0 Å². The van der Waals surface area contributed by atoms with Crippen LogP contribution in [0.1, 0.15) is 54.6 Å². The highest BCUT2D eigenvalue weighted by molar-refractivity contribution is 7.89. The molecule has 1 saturated carbocycles. The lowest BCUT2D eigenvalue weighted by Crippen LogP contribution is -2.29. The number of pyridine rings is 1. The van der Waals surface area contributed by atoms with E-state index < -0.39 is 22.2 Å². The van der Waals surface area contributed by atoms with Crippen molar-refractivity contribution in [2.45, 2.75) is 56.8 Å². The van der Waals surface area contributed by atoms with Crippen LogP contribution in [-0.2, 0) is 10.0 Å². The van der Waals surface area contributed by atoms with Crippen LogP contribution in [0.4, 0.5) is 4.39 Å². The second-order valence-electron chi connectivity index (χ2n) is 8.17. The minimum atomic E-state index is -4.07. The number of nitrogens with one attached hydrogen (secondary N) is 1. The van der Waals surface area contributed by atoms with E-state index in [0.717, 1.165) is 44.3 Å². The molecule has 3 aromatic rings. The van der Waals surface area contributed by atoms with Crippen molar-refractivity contribution in [3.63, 3.8) is 0 Å². The number of phenolic OH excluding ortho intramolecular Hbond substituents is 1. The molecule has 170 valence electrons. The molecule has 0 bridgehead atoms. The molecule has 10 heteroatoms. The van der Waals surface area contributed by atoms with E-state index in [4.69, 9.17) is 5.73 Å². The fourth-order valence-electron chi connectivity index (χ4n) is 4.45. The maximum atomic E-state index is 13.2. The highest BCUT2D eigenvalue weighted by Gasteiger charge is 2.29. The minimum absolute atomic E-state index is 0.0518. The highest BCUT2D eigenvalue weighted by Crippen LogP contribution is 2.42. The molecule has 4 rings (SSSR count). The lowest BCUT2D eigenvalue weighted by molar-refractivity contribution is 0.100. The van der Waals surface area contributed by atoms with Gasteiger partial charge in [0.25, 0.3) is 5.91 Å². The number of aromatic hydroxyl groups is 1. The first-order valence-electron chi connectivity index (χ1n) is 10.4. The number of aryl methyl sites for hydroxylation is 1. The van der Waals surface area contributed by atoms with Crippen LogP contribution < -0.4 is 10.5 Å². The van der Waals surface area contributed by atoms with E-state index in [1.165, 1.54) is 18.2 Å². The van der Waals surface area contributed by atoms with Gasteiger partial charge in [-0.05, 0) is 56.5 Å². The number of benzene rings is 1. The predicted octanol–water partition coefficient (Wildman–Crippen LogP) is 3.53. The Morgan fingerprint density at radius 2 is 2.00 bits per heavy atom. The summed E-state index contributed by atoms with van der Waals surface area (Å²) in [6.45, 7) is 2.86. The number of rotatable bonds is 6. The number of nitrogens with zero attached hydrogens (tertiary/aromatic N) is 2. The first kappa shape index (κ1) is 22.2. The number of sulfonamides is 1. The number of nitrogens with two attached hydrogens (primary N) is 1. The number of carbonyl (C=O) groups excluding carboxylic acids is 1. The Hall–Kier alpha value is -2.98. The van der Waals surface area contributed by atoms with Gasteiger partial charge in [-0.15, -0.1) is 0 Å². The van der Waals surface area contributed by atoms with Crippen molar-refractivity contribution in [2.75, 3.05) is 0 Å². The maximum absolute atomic E-state index is 13.2. The first-order valence-corrected chi connectivity index (χ1v) is 11.9. The van der Waals surface area contributed by atoms with E-state index in [1.807, 2.05) is 15.4 Å². The maximum Gasteiger partial charge on any atom is 0.251 e. The Morgan fingerprint density at radius 1 is 1.31 bits per heavy atom. The molecule has 0 radical (unpaired) electrons. The Morgan fingerprint density at radius 3 is 2.56 bits per heavy atom. The molecular formula is C22H25FN4O4S. The van der Waals surface area contributed by atoms with Crippen molar-refractivity contribution in [2.24, 2.45) is 5.73 Å². The molecular weight excluding hydrogens is 435 g/mol. The fraction of sp³-hybridized carbons (Fsp3) is 0.364. The number of fused-ring (bicyclic) bond motifs is 1. The van der Waals surface area contributed by atoms with Gasteiger partial charge in [-0.1, -0.05) is 12.8 Å². The lowest BCUT2D eigenvalue weighted by atomic mass is 10.1. The van der Waals surface area contributed by atoms with Crippen LogP contribution >= 0.6 is 0 Å². The SMILES string of the molecule is Cc1cc2c(cc1O)c(C(N)=O)c(-c1ccc(S(=O)(=O)N[C@@H](C)F)cn1)n2C1CCCC1. The number of carbonyl (C=O) groups is 1. The van der Waals surface area contributed by atoms with Crippen LogP contribution in [0.25, 0.3) is 22.3 Å². The molecule has 8 nitrogen and oxygen atoms in total. The Labute approximate surface area is 185 Å². The summed E-state index contributed by atoms with van der Waals surface area (Å²) in [5.74, 6) is -0.618. The van der Waals surface area contributed by atoms with Gasteiger partial charge in [0.1, 0.15) is 10.6 Å². The average Bonchev–Trinajstić information content (AvgIpc) is 3.33. The lowest BCUT2D eigenvalue weighted by Gasteiger charge is -2.18. The van der Waals surface area contributed by atoms with Crippen LogP contribution in [0.15, 0.2) is 35.4 Å². The summed E-state index contributed by atoms with van der Waals surface area (Å²) >= 11 is 0. The summed E-state index contributed by atoms with van der Waals surface area (Å²) in [7, 11) is -4.07. The van der Waals surface area contributed by atoms with Crippen molar-refractivity contribution in [1.29, 1.82) is 0 Å². The summed E-state index contributed by atoms with van der Waals surface area (Å²) in [5, 5.41) is 10.8. The molecule has 1 aliphatic carbocycles. The number of hydrogen-bond donors (Lipinski definition) is 3. The van der Waals surface area contributed by atoms with Gasteiger partial charge >= 0.3 is 0 Å². The van der Waals surface area contributed by atoms with E-state index in [-0.39, 0.29) is 22.3 Å². The number of phenols is 1. The van der Waals surface area contributed by atoms with Gasteiger partial charge in [0.05, 0.1) is 22.5 Å². The van der Waals surface area contributed by atoms with Gasteiger partial charge in [0.15, 0.2) is 6.30 Å². The zero-order chi connectivity index (χ0) is 23.2. The van der Waals surface area contributed by atoms with Crippen molar-refractivity contribution < 1.29 is 22.7 Å². The molecule has 2 aromatic heterocycles. The van der Waals surface area contributed by atoms with Gasteiger partial charge < -0.3 is 15.4 Å². The van der Waals surface area contributed by atoms with Crippen molar-refractivity contribution in [3.8, 4) is 17.1 Å². The van der Waals surface area contributed by atoms with Gasteiger partial charge in [-0.3, -0.25) is 9.78 Å². The summed E-state index contributed by atoms with van der Waals surface area (Å²) in [5.41, 5.74) is 8.27. The van der Waals surface area contributed by atoms with Crippen LogP contribution in [-0.4, -0.2) is 35.3 Å². The van der Waals surface area contributed by atoms with Gasteiger partial charge in [-0.2, -0.15) is 4.72 Å². The third-order valence-electron chi connectivity index (χ3n) is 5.86. The molecule has 0 saturated heterocycles. The quantitative estimate of drug-likeness (QED) is 0.485. The number of amides is 1. The van der Waals surface area contributed by atoms with Crippen LogP contribution in [0, 0.1) is 6.92 Å². The standard InChI is InChI=1S/C22H25FN4O4S/c1-12-9-18-16(10-19(12)28)20(22(24)29)21(27(18)14-5-3-4-6-14)17-8-7-15(11-25-17)32(30,31)26-13(2)23/h7-11,13-14,26,28H,3-6H2,1-2H3,(H2,24,29)/t13-/m0/s1. The van der Waals surface area contributed by atoms with Crippen LogP contribution in [0.3, 0.4) is 0 Å². The molecule has 0 unspecified atom stereocenters. The van der Waals surface area contributed by atoms with E-state index in [9.17, 15) is 22.7 Å². The molecule has 0 aliphatic heterocycles. The predicted molar refractivity (Wildman–Crippen MR) is 118 cm³/mol. The summed E-state index contributed by atoms with van der Waals surface area (Å²) < 4.78 is 41.6. The van der Waals surface area contributed by atoms with Crippen LogP contribution in [0.2, 0.25) is 0 Å². The van der Waals surface area contributed by atoms with Crippen molar-refractivity contribution in [3.05, 3.63) is 41.6 Å². The van der Waals surface area contributed by atoms with Crippen molar-refractivity contribution in [1.82, 2.24) is 14.3 Å². The Kier molecular flexibility index (Phi) is 5.68. The molecule has 1 aromatic carbocycles. The molecule has 1 atom stereocenters. The molecule has 4 N–H and O–H groups in total. The smallest absolute Gasteiger partial charge is 0.251 e. The van der Waals surface area contributed by atoms with Crippen molar-refractivity contribution >= 4 is 26.8 Å². The molecule has 1 amide bonds. The Bertz CT molecular complexity index is 1290. The van der Waals surface area contributed by atoms with E-state index in [0.29, 0.717) is 22.3 Å². The topological polar surface area (TPSA) is 127 Å². The number of hydrogen-bond acceptors (Lipinski definition) is 5. The number of alkyl halides is 1. The third kappa shape index (κ3) is 3.84. The summed E-state index contributed by atoms with van der Waals surface area (Å²) in [6, 6.07) is 6.27. The zero-order valence-corrected chi connectivity index (χ0v) is 18.6. The molecule has 1 fully saturated rings. The fourth-order valence-corrected chi connectivity index (χ4v) is 5.46. The van der Waals surface area contributed by atoms with Gasteiger partial charge in [-0.25, -0.2) is 12.8 Å². The third-order valence-corrected chi connectivity index (χ3v) is 7.36. The minimum Gasteiger partial charge on any atom is -0.508 e.